The Morgan fingerprint density at radius 1 is 1.04 bits per heavy atom. The molecule has 0 radical (unpaired) electrons. The van der Waals surface area contributed by atoms with Gasteiger partial charge in [-0.05, 0) is 36.9 Å². The van der Waals surface area contributed by atoms with E-state index in [9.17, 15) is 4.79 Å². The fourth-order valence-corrected chi connectivity index (χ4v) is 3.08. The molecule has 2 aromatic carbocycles. The summed E-state index contributed by atoms with van der Waals surface area (Å²) >= 11 is 12.4. The highest BCUT2D eigenvalue weighted by molar-refractivity contribution is 6.39. The van der Waals surface area contributed by atoms with Crippen molar-refractivity contribution in [3.63, 3.8) is 0 Å². The second kappa shape index (κ2) is 12.1. The van der Waals surface area contributed by atoms with Crippen molar-refractivity contribution < 1.29 is 9.53 Å². The molecule has 0 unspecified atom stereocenters. The van der Waals surface area contributed by atoms with E-state index >= 15 is 0 Å². The number of nitrogens with one attached hydrogen (secondary N) is 1. The Hall–Kier alpha value is -1.46. The third kappa shape index (κ3) is 7.23. The lowest BCUT2D eigenvalue weighted by Crippen LogP contribution is -2.28. The first-order chi connectivity index (χ1) is 12.5. The number of ether oxygens (including phenoxy) is 1. The van der Waals surface area contributed by atoms with Gasteiger partial charge in [-0.15, -0.1) is 12.4 Å². The van der Waals surface area contributed by atoms with Crippen molar-refractivity contribution in [1.82, 2.24) is 4.90 Å². The maximum Gasteiger partial charge on any atom is 0.310 e. The summed E-state index contributed by atoms with van der Waals surface area (Å²) in [4.78, 5) is 14.4. The molecule has 0 aromatic heterocycles. The molecule has 0 atom stereocenters. The number of hydrogen-bond donors (Lipinski definition) is 1. The van der Waals surface area contributed by atoms with Crippen molar-refractivity contribution in [3.05, 3.63) is 58.1 Å². The molecule has 0 spiro atoms. The number of hydrogen-bond acceptors (Lipinski definition) is 4. The van der Waals surface area contributed by atoms with Crippen molar-refractivity contribution in [1.29, 1.82) is 0 Å². The third-order valence-electron chi connectivity index (χ3n) is 4.14. The minimum absolute atomic E-state index is 0. The maximum atomic E-state index is 12.2. The average Bonchev–Trinajstić information content (AvgIpc) is 2.63. The van der Waals surface area contributed by atoms with Gasteiger partial charge in [0.25, 0.3) is 0 Å². The summed E-state index contributed by atoms with van der Waals surface area (Å²) in [6, 6.07) is 12.9. The van der Waals surface area contributed by atoms with Crippen LogP contribution >= 0.6 is 35.6 Å². The molecule has 0 aliphatic rings. The van der Waals surface area contributed by atoms with Gasteiger partial charge in [0.2, 0.25) is 0 Å². The highest BCUT2D eigenvalue weighted by Gasteiger charge is 2.12. The normalized spacial score (nSPS) is 10.4. The molecule has 2 aromatic rings. The number of anilines is 2. The third-order valence-corrected chi connectivity index (χ3v) is 4.77. The lowest BCUT2D eigenvalue weighted by atomic mass is 10.1. The van der Waals surface area contributed by atoms with E-state index in [4.69, 9.17) is 27.9 Å². The van der Waals surface area contributed by atoms with E-state index in [1.165, 1.54) is 0 Å². The average molecular weight is 432 g/mol. The fourth-order valence-electron chi connectivity index (χ4n) is 2.58. The molecule has 0 bridgehead atoms. The van der Waals surface area contributed by atoms with Crippen LogP contribution in [0.5, 0.6) is 0 Å². The predicted molar refractivity (Wildman–Crippen MR) is 116 cm³/mol. The van der Waals surface area contributed by atoms with E-state index < -0.39 is 0 Å². The fraction of sp³-hybridized carbons (Fsp3) is 0.350. The molecule has 0 aliphatic carbocycles. The highest BCUT2D eigenvalue weighted by atomic mass is 35.5. The van der Waals surface area contributed by atoms with Gasteiger partial charge < -0.3 is 15.0 Å². The van der Waals surface area contributed by atoms with E-state index in [2.05, 4.69) is 24.1 Å². The number of carbonyl (C=O) groups is 1. The molecule has 1 N–H and O–H groups in total. The summed E-state index contributed by atoms with van der Waals surface area (Å²) in [5, 5.41) is 4.27. The molecular weight excluding hydrogens is 407 g/mol. The largest absolute Gasteiger partial charge is 0.464 e. The monoisotopic (exact) mass is 430 g/mol. The van der Waals surface area contributed by atoms with E-state index in [0.29, 0.717) is 22.3 Å². The van der Waals surface area contributed by atoms with E-state index in [1.807, 2.05) is 24.3 Å². The Balaban J connectivity index is 0.00000364. The van der Waals surface area contributed by atoms with Crippen LogP contribution < -0.4 is 5.32 Å². The molecule has 0 aliphatic heterocycles. The van der Waals surface area contributed by atoms with E-state index in [0.717, 1.165) is 30.9 Å². The van der Waals surface area contributed by atoms with Crippen molar-refractivity contribution >= 4 is 53.0 Å². The molecule has 4 nitrogen and oxygen atoms in total. The number of benzene rings is 2. The van der Waals surface area contributed by atoms with Crippen LogP contribution in [0.1, 0.15) is 19.4 Å². The van der Waals surface area contributed by atoms with Gasteiger partial charge in [-0.3, -0.25) is 4.79 Å². The SMILES string of the molecule is CCN(CC)CCOC(=O)Cc1ccccc1Nc1c(Cl)cccc1Cl.Cl. The molecule has 2 rings (SSSR count). The van der Waals surface area contributed by atoms with Crippen molar-refractivity contribution in [2.45, 2.75) is 20.3 Å². The number of likely N-dealkylation sites (N-methyl/N-ethyl adjacent to an activating group) is 1. The second-order valence-corrected chi connectivity index (χ2v) is 6.62. The van der Waals surface area contributed by atoms with Crippen LogP contribution in [0.3, 0.4) is 0 Å². The Bertz CT molecular complexity index is 717. The number of carbonyl (C=O) groups excluding carboxylic acids is 1. The minimum Gasteiger partial charge on any atom is -0.464 e. The summed E-state index contributed by atoms with van der Waals surface area (Å²) in [6.45, 7) is 7.21. The molecule has 0 heterocycles. The Labute approximate surface area is 177 Å². The van der Waals surface area contributed by atoms with Crippen LogP contribution in [-0.2, 0) is 16.0 Å². The second-order valence-electron chi connectivity index (χ2n) is 5.80. The van der Waals surface area contributed by atoms with E-state index in [1.54, 1.807) is 18.2 Å². The van der Waals surface area contributed by atoms with Gasteiger partial charge in [0.1, 0.15) is 6.61 Å². The lowest BCUT2D eigenvalue weighted by Gasteiger charge is -2.18. The van der Waals surface area contributed by atoms with Crippen LogP contribution in [0.2, 0.25) is 10.0 Å². The Kier molecular flexibility index (Phi) is 10.6. The number of halogens is 3. The standard InChI is InChI=1S/C20H24Cl2N2O2.ClH/c1-3-24(4-2)12-13-26-19(25)14-15-8-5-6-11-18(15)23-20-16(21)9-7-10-17(20)22;/h5-11,23H,3-4,12-14H2,1-2H3;1H. The van der Waals surface area contributed by atoms with Crippen LogP contribution in [0.4, 0.5) is 11.4 Å². The minimum atomic E-state index is -0.253. The topological polar surface area (TPSA) is 41.6 Å². The van der Waals surface area contributed by atoms with Crippen molar-refractivity contribution in [2.75, 3.05) is 31.6 Å². The van der Waals surface area contributed by atoms with Gasteiger partial charge in [0, 0.05) is 12.2 Å². The summed E-state index contributed by atoms with van der Waals surface area (Å²) in [6.07, 6.45) is 0.184. The lowest BCUT2D eigenvalue weighted by molar-refractivity contribution is -0.143. The quantitative estimate of drug-likeness (QED) is 0.526. The smallest absolute Gasteiger partial charge is 0.310 e. The summed E-state index contributed by atoms with van der Waals surface area (Å²) in [5.41, 5.74) is 2.23. The molecule has 0 saturated heterocycles. The predicted octanol–water partition coefficient (Wildman–Crippen LogP) is 5.59. The molecule has 7 heteroatoms. The zero-order chi connectivity index (χ0) is 18.9. The number of rotatable bonds is 9. The van der Waals surface area contributed by atoms with Crippen LogP contribution in [0.25, 0.3) is 0 Å². The highest BCUT2D eigenvalue weighted by Crippen LogP contribution is 2.33. The molecule has 27 heavy (non-hydrogen) atoms. The maximum absolute atomic E-state index is 12.2. The Morgan fingerprint density at radius 3 is 2.30 bits per heavy atom. The van der Waals surface area contributed by atoms with Gasteiger partial charge in [-0.1, -0.05) is 61.3 Å². The van der Waals surface area contributed by atoms with Crippen LogP contribution in [-0.4, -0.2) is 37.1 Å². The van der Waals surface area contributed by atoms with Crippen LogP contribution in [0.15, 0.2) is 42.5 Å². The van der Waals surface area contributed by atoms with Crippen molar-refractivity contribution in [2.24, 2.45) is 0 Å². The number of esters is 1. The summed E-state index contributed by atoms with van der Waals surface area (Å²) < 4.78 is 5.37. The Morgan fingerprint density at radius 2 is 1.67 bits per heavy atom. The van der Waals surface area contributed by atoms with Gasteiger partial charge in [-0.25, -0.2) is 0 Å². The van der Waals surface area contributed by atoms with Gasteiger partial charge in [0.05, 0.1) is 22.2 Å². The molecular formula is C20H25Cl3N2O2. The summed E-state index contributed by atoms with van der Waals surface area (Å²) in [7, 11) is 0. The first-order valence-electron chi connectivity index (χ1n) is 8.72. The zero-order valence-corrected chi connectivity index (χ0v) is 17.8. The molecule has 0 saturated carbocycles. The van der Waals surface area contributed by atoms with Crippen molar-refractivity contribution in [3.8, 4) is 0 Å². The number of nitrogens with zero attached hydrogens (tertiary/aromatic N) is 1. The first kappa shape index (κ1) is 23.6. The molecule has 0 amide bonds. The van der Waals surface area contributed by atoms with E-state index in [-0.39, 0.29) is 24.8 Å². The first-order valence-corrected chi connectivity index (χ1v) is 9.47. The summed E-state index contributed by atoms with van der Waals surface area (Å²) in [5.74, 6) is -0.253. The molecule has 148 valence electrons. The van der Waals surface area contributed by atoms with Gasteiger partial charge >= 0.3 is 5.97 Å². The number of para-hydroxylation sites is 2. The molecule has 0 fully saturated rings. The van der Waals surface area contributed by atoms with Gasteiger partial charge in [0.15, 0.2) is 0 Å². The zero-order valence-electron chi connectivity index (χ0n) is 15.5. The van der Waals surface area contributed by atoms with Gasteiger partial charge in [-0.2, -0.15) is 0 Å². The van der Waals surface area contributed by atoms with Crippen LogP contribution in [0, 0.1) is 0 Å².